The van der Waals surface area contributed by atoms with Crippen LogP contribution in [0.2, 0.25) is 0 Å². The van der Waals surface area contributed by atoms with Crippen molar-refractivity contribution in [1.82, 2.24) is 0 Å². The first kappa shape index (κ1) is 11.5. The molecule has 70 valence electrons. The second kappa shape index (κ2) is 6.05. The molecule has 12 heavy (non-hydrogen) atoms. The van der Waals surface area contributed by atoms with Gasteiger partial charge in [0.25, 0.3) is 0 Å². The van der Waals surface area contributed by atoms with Crippen LogP contribution in [-0.2, 0) is 0 Å². The van der Waals surface area contributed by atoms with Gasteiger partial charge in [-0.2, -0.15) is 0 Å². The number of unbranched alkanes of at least 4 members (excludes halogenated alkanes) is 2. The molecular weight excluding hydrogens is 150 g/mol. The summed E-state index contributed by atoms with van der Waals surface area (Å²) in [6, 6.07) is 0. The Kier molecular flexibility index (Phi) is 5.79. The van der Waals surface area contributed by atoms with Gasteiger partial charge in [0.15, 0.2) is 0 Å². The number of hydrogen-bond donors (Lipinski definition) is 1. The highest BCUT2D eigenvalue weighted by Gasteiger charge is 2.11. The highest BCUT2D eigenvalue weighted by atomic mass is 16.2. The van der Waals surface area contributed by atoms with Gasteiger partial charge in [-0.1, -0.05) is 0 Å². The Labute approximate surface area is 75.8 Å². The molecule has 0 radical (unpaired) electrons. The Bertz CT molecular complexity index is 146. The van der Waals surface area contributed by atoms with Crippen molar-refractivity contribution in [2.75, 3.05) is 33.8 Å². The number of hydrogen-bond acceptors (Lipinski definition) is 1. The average molecular weight is 170 g/mol. The van der Waals surface area contributed by atoms with Crippen LogP contribution in [-0.4, -0.2) is 43.4 Å². The molecule has 0 atom stereocenters. The van der Waals surface area contributed by atoms with Crippen LogP contribution in [0.4, 0.5) is 0 Å². The topological polar surface area (TPSA) is 20.2 Å². The average Bonchev–Trinajstić information content (AvgIpc) is 1.98. The van der Waals surface area contributed by atoms with Gasteiger partial charge < -0.3 is 9.59 Å². The molecule has 0 saturated heterocycles. The molecule has 0 aliphatic rings. The fourth-order valence-corrected chi connectivity index (χ4v) is 1.15. The second-order valence-corrected chi connectivity index (χ2v) is 3.81. The second-order valence-electron chi connectivity index (χ2n) is 3.81. The molecule has 0 aromatic carbocycles. The summed E-state index contributed by atoms with van der Waals surface area (Å²) in [5, 5.41) is 8.56. The van der Waals surface area contributed by atoms with Gasteiger partial charge in [0.1, 0.15) is 6.54 Å². The lowest BCUT2D eigenvalue weighted by atomic mass is 10.2. The van der Waals surface area contributed by atoms with Crippen LogP contribution in [0.5, 0.6) is 0 Å². The summed E-state index contributed by atoms with van der Waals surface area (Å²) in [6.45, 7) is 2.20. The zero-order valence-electron chi connectivity index (χ0n) is 8.21. The summed E-state index contributed by atoms with van der Waals surface area (Å²) in [6.07, 6.45) is 8.40. The largest absolute Gasteiger partial charge is 0.396 e. The first-order valence-corrected chi connectivity index (χ1v) is 4.49. The first-order chi connectivity index (χ1) is 5.62. The van der Waals surface area contributed by atoms with E-state index in [1.807, 2.05) is 0 Å². The Balaban J connectivity index is 3.42. The van der Waals surface area contributed by atoms with Crippen LogP contribution in [0.25, 0.3) is 0 Å². The Hall–Kier alpha value is -0.520. The molecule has 0 bridgehead atoms. The molecule has 0 fully saturated rings. The standard InChI is InChI=1S/C10H20NO/c1-4-8-11(2,3)9-6-5-7-10-12/h1,12H,5-10H2,2-3H3/q+1. The molecule has 0 aromatic rings. The summed E-state index contributed by atoms with van der Waals surface area (Å²) in [7, 11) is 4.28. The summed E-state index contributed by atoms with van der Waals surface area (Å²) >= 11 is 0. The number of aliphatic hydroxyl groups excluding tert-OH is 1. The predicted molar refractivity (Wildman–Crippen MR) is 51.6 cm³/mol. The Morgan fingerprint density at radius 3 is 2.42 bits per heavy atom. The molecule has 0 aromatic heterocycles. The molecule has 0 aliphatic heterocycles. The van der Waals surface area contributed by atoms with E-state index in [0.29, 0.717) is 6.61 Å². The normalized spacial score (nSPS) is 11.2. The Morgan fingerprint density at radius 2 is 1.92 bits per heavy atom. The van der Waals surface area contributed by atoms with Crippen molar-refractivity contribution < 1.29 is 9.59 Å². The molecule has 0 spiro atoms. The van der Waals surface area contributed by atoms with E-state index in [1.165, 1.54) is 0 Å². The van der Waals surface area contributed by atoms with Gasteiger partial charge in [0.05, 0.1) is 20.6 Å². The van der Waals surface area contributed by atoms with Crippen LogP contribution >= 0.6 is 0 Å². The molecular formula is C10H20NO+. The van der Waals surface area contributed by atoms with Crippen molar-refractivity contribution >= 4 is 0 Å². The maximum Gasteiger partial charge on any atom is 0.140 e. The minimum Gasteiger partial charge on any atom is -0.396 e. The molecule has 0 aliphatic carbocycles. The van der Waals surface area contributed by atoms with Gasteiger partial charge in [-0.05, 0) is 25.2 Å². The van der Waals surface area contributed by atoms with Crippen LogP contribution in [0.1, 0.15) is 19.3 Å². The third-order valence-corrected chi connectivity index (χ3v) is 1.94. The number of rotatable bonds is 6. The zero-order valence-corrected chi connectivity index (χ0v) is 8.21. The summed E-state index contributed by atoms with van der Waals surface area (Å²) < 4.78 is 0.891. The highest BCUT2D eigenvalue weighted by molar-refractivity contribution is 4.83. The highest BCUT2D eigenvalue weighted by Crippen LogP contribution is 2.02. The molecule has 0 heterocycles. The van der Waals surface area contributed by atoms with Crippen molar-refractivity contribution in [1.29, 1.82) is 0 Å². The SMILES string of the molecule is C#CC[N+](C)(C)CCCCCO. The lowest BCUT2D eigenvalue weighted by molar-refractivity contribution is -0.883. The molecule has 0 amide bonds. The summed E-state index contributed by atoms with van der Waals surface area (Å²) in [4.78, 5) is 0. The van der Waals surface area contributed by atoms with E-state index in [-0.39, 0.29) is 0 Å². The van der Waals surface area contributed by atoms with Gasteiger partial charge in [-0.15, -0.1) is 6.42 Å². The lowest BCUT2D eigenvalue weighted by Crippen LogP contribution is -2.40. The fraction of sp³-hybridized carbons (Fsp3) is 0.800. The predicted octanol–water partition coefficient (Wildman–Crippen LogP) is 0.859. The van der Waals surface area contributed by atoms with Crippen molar-refractivity contribution in [3.05, 3.63) is 0 Å². The van der Waals surface area contributed by atoms with Crippen LogP contribution in [0.15, 0.2) is 0 Å². The number of quaternary nitrogens is 1. The van der Waals surface area contributed by atoms with Crippen LogP contribution < -0.4 is 0 Å². The van der Waals surface area contributed by atoms with Gasteiger partial charge >= 0.3 is 0 Å². The minimum atomic E-state index is 0.308. The van der Waals surface area contributed by atoms with Crippen molar-refractivity contribution in [3.63, 3.8) is 0 Å². The summed E-state index contributed by atoms with van der Waals surface area (Å²) in [5.74, 6) is 2.67. The maximum absolute atomic E-state index is 8.56. The fourth-order valence-electron chi connectivity index (χ4n) is 1.15. The molecule has 0 rings (SSSR count). The van der Waals surface area contributed by atoms with E-state index < -0.39 is 0 Å². The van der Waals surface area contributed by atoms with E-state index in [2.05, 4.69) is 20.0 Å². The number of terminal acetylenes is 1. The van der Waals surface area contributed by atoms with Gasteiger partial charge in [0, 0.05) is 6.61 Å². The summed E-state index contributed by atoms with van der Waals surface area (Å²) in [5.41, 5.74) is 0. The smallest absolute Gasteiger partial charge is 0.140 e. The number of aliphatic hydroxyl groups is 1. The van der Waals surface area contributed by atoms with E-state index in [0.717, 1.165) is 36.8 Å². The van der Waals surface area contributed by atoms with Crippen LogP contribution in [0.3, 0.4) is 0 Å². The molecule has 0 saturated carbocycles. The molecule has 2 heteroatoms. The zero-order chi connectivity index (χ0) is 9.45. The van der Waals surface area contributed by atoms with Crippen molar-refractivity contribution in [3.8, 4) is 12.3 Å². The van der Waals surface area contributed by atoms with E-state index in [9.17, 15) is 0 Å². The molecule has 2 nitrogen and oxygen atoms in total. The minimum absolute atomic E-state index is 0.308. The van der Waals surface area contributed by atoms with Gasteiger partial charge in [0.2, 0.25) is 0 Å². The third-order valence-electron chi connectivity index (χ3n) is 1.94. The monoisotopic (exact) mass is 170 g/mol. The maximum atomic E-state index is 8.56. The third kappa shape index (κ3) is 6.21. The lowest BCUT2D eigenvalue weighted by Gasteiger charge is -2.27. The van der Waals surface area contributed by atoms with Gasteiger partial charge in [-0.25, -0.2) is 0 Å². The Morgan fingerprint density at radius 1 is 1.25 bits per heavy atom. The van der Waals surface area contributed by atoms with Gasteiger partial charge in [-0.3, -0.25) is 0 Å². The quantitative estimate of drug-likeness (QED) is 0.356. The molecule has 1 N–H and O–H groups in total. The van der Waals surface area contributed by atoms with Crippen molar-refractivity contribution in [2.24, 2.45) is 0 Å². The van der Waals surface area contributed by atoms with E-state index in [1.54, 1.807) is 0 Å². The van der Waals surface area contributed by atoms with Crippen LogP contribution in [0, 0.1) is 12.3 Å². The molecule has 0 unspecified atom stereocenters. The van der Waals surface area contributed by atoms with Crippen molar-refractivity contribution in [2.45, 2.75) is 19.3 Å². The first-order valence-electron chi connectivity index (χ1n) is 4.49. The van der Waals surface area contributed by atoms with E-state index in [4.69, 9.17) is 11.5 Å². The van der Waals surface area contributed by atoms with E-state index >= 15 is 0 Å². The number of nitrogens with zero attached hydrogens (tertiary/aromatic N) is 1.